The van der Waals surface area contributed by atoms with Crippen molar-refractivity contribution in [2.45, 2.75) is 32.8 Å². The van der Waals surface area contributed by atoms with E-state index in [1.54, 1.807) is 19.3 Å². The Bertz CT molecular complexity index is 585. The molecule has 0 bridgehead atoms. The van der Waals surface area contributed by atoms with E-state index < -0.39 is 0 Å². The van der Waals surface area contributed by atoms with Crippen LogP contribution >= 0.6 is 0 Å². The standard InChI is InChI=1S/C16H26N4O3/c1-12(2)8-15(21)17-5-4-14-11-20(6-7-23-14)13-9-16(22)19(3)18-10-13/h9-10,12,14H,4-8,11H2,1-3H3,(H,17,21)/t14-/m1/s1. The molecular formula is C16H26N4O3. The zero-order valence-electron chi connectivity index (χ0n) is 14.1. The van der Waals surface area contributed by atoms with E-state index in [1.807, 2.05) is 13.8 Å². The number of aryl methyl sites for hydroxylation is 1. The number of amides is 1. The van der Waals surface area contributed by atoms with Gasteiger partial charge < -0.3 is 15.0 Å². The molecule has 0 unspecified atom stereocenters. The Kier molecular flexibility index (Phi) is 6.15. The quantitative estimate of drug-likeness (QED) is 0.827. The number of nitrogens with zero attached hydrogens (tertiary/aromatic N) is 3. The summed E-state index contributed by atoms with van der Waals surface area (Å²) in [6, 6.07) is 1.60. The summed E-state index contributed by atoms with van der Waals surface area (Å²) in [5.74, 6) is 0.452. The van der Waals surface area contributed by atoms with Gasteiger partial charge in [-0.3, -0.25) is 9.59 Å². The number of nitrogens with one attached hydrogen (secondary N) is 1. The lowest BCUT2D eigenvalue weighted by atomic mass is 10.1. The summed E-state index contributed by atoms with van der Waals surface area (Å²) in [4.78, 5) is 25.4. The smallest absolute Gasteiger partial charge is 0.268 e. The van der Waals surface area contributed by atoms with Gasteiger partial charge in [0.15, 0.2) is 0 Å². The van der Waals surface area contributed by atoms with E-state index >= 15 is 0 Å². The molecule has 1 aliphatic heterocycles. The van der Waals surface area contributed by atoms with E-state index in [1.165, 1.54) is 4.68 Å². The first-order valence-electron chi connectivity index (χ1n) is 8.12. The average molecular weight is 322 g/mol. The van der Waals surface area contributed by atoms with Crippen molar-refractivity contribution in [3.63, 3.8) is 0 Å². The van der Waals surface area contributed by atoms with Crippen molar-refractivity contribution in [2.24, 2.45) is 13.0 Å². The van der Waals surface area contributed by atoms with Gasteiger partial charge in [-0.1, -0.05) is 13.8 Å². The van der Waals surface area contributed by atoms with Crippen molar-refractivity contribution < 1.29 is 9.53 Å². The monoisotopic (exact) mass is 322 g/mol. The van der Waals surface area contributed by atoms with E-state index in [2.05, 4.69) is 15.3 Å². The van der Waals surface area contributed by atoms with Crippen molar-refractivity contribution in [3.8, 4) is 0 Å². The van der Waals surface area contributed by atoms with Crippen LogP contribution in [0.25, 0.3) is 0 Å². The van der Waals surface area contributed by atoms with Crippen molar-refractivity contribution >= 4 is 11.6 Å². The number of carbonyl (C=O) groups is 1. The van der Waals surface area contributed by atoms with Crippen LogP contribution in [-0.4, -0.2) is 48.0 Å². The highest BCUT2D eigenvalue weighted by Crippen LogP contribution is 2.16. The van der Waals surface area contributed by atoms with Gasteiger partial charge in [0.2, 0.25) is 5.91 Å². The Hall–Kier alpha value is -1.89. The van der Waals surface area contributed by atoms with Gasteiger partial charge in [0.1, 0.15) is 0 Å². The summed E-state index contributed by atoms with van der Waals surface area (Å²) in [6.07, 6.45) is 3.07. The van der Waals surface area contributed by atoms with E-state index in [0.717, 1.165) is 18.7 Å². The van der Waals surface area contributed by atoms with Crippen LogP contribution in [0.1, 0.15) is 26.7 Å². The van der Waals surface area contributed by atoms with Crippen LogP contribution in [0, 0.1) is 5.92 Å². The molecule has 2 heterocycles. The van der Waals surface area contributed by atoms with Crippen LogP contribution < -0.4 is 15.8 Å². The molecule has 23 heavy (non-hydrogen) atoms. The zero-order valence-corrected chi connectivity index (χ0v) is 14.1. The molecule has 7 nitrogen and oxygen atoms in total. The van der Waals surface area contributed by atoms with Crippen LogP contribution in [-0.2, 0) is 16.6 Å². The molecule has 1 N–H and O–H groups in total. The summed E-state index contributed by atoms with van der Waals surface area (Å²) < 4.78 is 7.06. The minimum atomic E-state index is -0.119. The molecule has 1 aromatic rings. The van der Waals surface area contributed by atoms with Crippen LogP contribution in [0.5, 0.6) is 0 Å². The lowest BCUT2D eigenvalue weighted by Gasteiger charge is -2.34. The number of aromatic nitrogens is 2. The summed E-state index contributed by atoms with van der Waals surface area (Å²) in [6.45, 7) is 6.72. The molecule has 7 heteroatoms. The minimum Gasteiger partial charge on any atom is -0.374 e. The normalized spacial score (nSPS) is 18.3. The third-order valence-electron chi connectivity index (χ3n) is 3.84. The van der Waals surface area contributed by atoms with Crippen molar-refractivity contribution in [1.29, 1.82) is 0 Å². The third kappa shape index (κ3) is 5.35. The summed E-state index contributed by atoms with van der Waals surface area (Å²) in [7, 11) is 1.63. The average Bonchev–Trinajstić information content (AvgIpc) is 2.49. The molecule has 0 spiro atoms. The predicted molar refractivity (Wildman–Crippen MR) is 88.5 cm³/mol. The molecule has 0 radical (unpaired) electrons. The van der Waals surface area contributed by atoms with Crippen LogP contribution in [0.15, 0.2) is 17.1 Å². The first-order chi connectivity index (χ1) is 11.0. The Morgan fingerprint density at radius 2 is 2.30 bits per heavy atom. The fourth-order valence-electron chi connectivity index (χ4n) is 2.58. The Balaban J connectivity index is 1.82. The molecule has 128 valence electrons. The van der Waals surface area contributed by atoms with Crippen molar-refractivity contribution in [3.05, 3.63) is 22.6 Å². The fourth-order valence-corrected chi connectivity index (χ4v) is 2.58. The Morgan fingerprint density at radius 1 is 1.52 bits per heavy atom. The molecular weight excluding hydrogens is 296 g/mol. The Labute approximate surface area is 136 Å². The lowest BCUT2D eigenvalue weighted by molar-refractivity contribution is -0.121. The highest BCUT2D eigenvalue weighted by molar-refractivity contribution is 5.75. The molecule has 1 saturated heterocycles. The van der Waals surface area contributed by atoms with E-state index in [0.29, 0.717) is 32.0 Å². The molecule has 0 aromatic carbocycles. The molecule has 0 aliphatic carbocycles. The largest absolute Gasteiger partial charge is 0.374 e. The number of hydrogen-bond acceptors (Lipinski definition) is 5. The number of rotatable bonds is 6. The predicted octanol–water partition coefficient (Wildman–Crippen LogP) is 0.538. The minimum absolute atomic E-state index is 0.0483. The highest BCUT2D eigenvalue weighted by atomic mass is 16.5. The molecule has 1 aliphatic rings. The number of morpholine rings is 1. The molecule has 1 atom stereocenters. The second kappa shape index (κ2) is 8.10. The first-order valence-corrected chi connectivity index (χ1v) is 8.12. The number of anilines is 1. The fraction of sp³-hybridized carbons (Fsp3) is 0.688. The van der Waals surface area contributed by atoms with Gasteiger partial charge in [0.25, 0.3) is 5.56 Å². The second-order valence-electron chi connectivity index (χ2n) is 6.35. The summed E-state index contributed by atoms with van der Waals surface area (Å²) in [5, 5.41) is 6.99. The zero-order chi connectivity index (χ0) is 16.8. The van der Waals surface area contributed by atoms with Gasteiger partial charge in [0, 0.05) is 39.2 Å². The lowest BCUT2D eigenvalue weighted by Crippen LogP contribution is -2.44. The molecule has 1 fully saturated rings. The topological polar surface area (TPSA) is 76.5 Å². The summed E-state index contributed by atoms with van der Waals surface area (Å²) in [5.41, 5.74) is 0.705. The number of carbonyl (C=O) groups excluding carboxylic acids is 1. The Morgan fingerprint density at radius 3 is 3.00 bits per heavy atom. The number of hydrogen-bond donors (Lipinski definition) is 1. The van der Waals surface area contributed by atoms with Crippen LogP contribution in [0.3, 0.4) is 0 Å². The molecule has 0 saturated carbocycles. The van der Waals surface area contributed by atoms with Crippen LogP contribution in [0.2, 0.25) is 0 Å². The first kappa shape index (κ1) is 17.5. The maximum absolute atomic E-state index is 11.7. The van der Waals surface area contributed by atoms with Gasteiger partial charge in [-0.25, -0.2) is 4.68 Å². The highest BCUT2D eigenvalue weighted by Gasteiger charge is 2.21. The van der Waals surface area contributed by atoms with Crippen molar-refractivity contribution in [1.82, 2.24) is 15.1 Å². The van der Waals surface area contributed by atoms with Crippen molar-refractivity contribution in [2.75, 3.05) is 31.1 Å². The van der Waals surface area contributed by atoms with Gasteiger partial charge in [-0.15, -0.1) is 0 Å². The molecule has 1 amide bonds. The van der Waals surface area contributed by atoms with E-state index in [9.17, 15) is 9.59 Å². The van der Waals surface area contributed by atoms with Gasteiger partial charge >= 0.3 is 0 Å². The van der Waals surface area contributed by atoms with Gasteiger partial charge in [-0.2, -0.15) is 5.10 Å². The van der Waals surface area contributed by atoms with E-state index in [-0.39, 0.29) is 17.6 Å². The van der Waals surface area contributed by atoms with E-state index in [4.69, 9.17) is 4.74 Å². The summed E-state index contributed by atoms with van der Waals surface area (Å²) >= 11 is 0. The maximum atomic E-state index is 11.7. The second-order valence-corrected chi connectivity index (χ2v) is 6.35. The van der Waals surface area contributed by atoms with Crippen LogP contribution in [0.4, 0.5) is 5.69 Å². The number of ether oxygens (including phenoxy) is 1. The SMILES string of the molecule is CC(C)CC(=O)NCC[C@@H]1CN(c2cnn(C)c(=O)c2)CCO1. The molecule has 2 rings (SSSR count). The third-order valence-corrected chi connectivity index (χ3v) is 3.84. The van der Waals surface area contributed by atoms with Gasteiger partial charge in [-0.05, 0) is 12.3 Å². The maximum Gasteiger partial charge on any atom is 0.268 e. The molecule has 1 aromatic heterocycles. The van der Waals surface area contributed by atoms with Gasteiger partial charge in [0.05, 0.1) is 24.6 Å².